The summed E-state index contributed by atoms with van der Waals surface area (Å²) in [5, 5.41) is 7.15. The fourth-order valence-corrected chi connectivity index (χ4v) is 2.46. The quantitative estimate of drug-likeness (QED) is 0.643. The number of hydrogen-bond acceptors (Lipinski definition) is 5. The number of nitrogens with zero attached hydrogens (tertiary/aromatic N) is 2. The number of aromatic nitrogens is 2. The summed E-state index contributed by atoms with van der Waals surface area (Å²) in [6, 6.07) is 15.7. The Morgan fingerprint density at radius 3 is 2.54 bits per heavy atom. The van der Waals surface area contributed by atoms with Crippen LogP contribution >= 0.6 is 11.6 Å². The second-order valence-corrected chi connectivity index (χ2v) is 5.77. The molecule has 0 unspecified atom stereocenters. The zero-order valence-corrected chi connectivity index (χ0v) is 14.0. The molecule has 0 bridgehead atoms. The van der Waals surface area contributed by atoms with Crippen molar-refractivity contribution in [2.75, 3.05) is 16.4 Å². The van der Waals surface area contributed by atoms with Gasteiger partial charge < -0.3 is 16.4 Å². The maximum atomic E-state index is 6.20. The molecule has 0 aliphatic heterocycles. The van der Waals surface area contributed by atoms with E-state index in [-0.39, 0.29) is 0 Å². The minimum atomic E-state index is 0.466. The topological polar surface area (TPSA) is 75.9 Å². The van der Waals surface area contributed by atoms with Crippen LogP contribution in [-0.4, -0.2) is 9.97 Å². The highest BCUT2D eigenvalue weighted by atomic mass is 35.5. The van der Waals surface area contributed by atoms with Gasteiger partial charge >= 0.3 is 0 Å². The molecule has 0 saturated heterocycles. The highest BCUT2D eigenvalue weighted by Gasteiger charge is 2.10. The van der Waals surface area contributed by atoms with Crippen LogP contribution in [0.5, 0.6) is 0 Å². The Kier molecular flexibility index (Phi) is 4.82. The zero-order valence-electron chi connectivity index (χ0n) is 13.3. The van der Waals surface area contributed by atoms with Crippen LogP contribution in [0.4, 0.5) is 23.0 Å². The van der Waals surface area contributed by atoms with Crippen molar-refractivity contribution in [2.45, 2.75) is 13.5 Å². The van der Waals surface area contributed by atoms with Crippen LogP contribution in [0.3, 0.4) is 0 Å². The van der Waals surface area contributed by atoms with Crippen molar-refractivity contribution in [1.82, 2.24) is 9.97 Å². The van der Waals surface area contributed by atoms with Gasteiger partial charge in [-0.15, -0.1) is 0 Å². The number of hydrogen-bond donors (Lipinski definition) is 3. The molecule has 3 aromatic rings. The van der Waals surface area contributed by atoms with Crippen LogP contribution in [0.2, 0.25) is 5.02 Å². The molecule has 0 fully saturated rings. The van der Waals surface area contributed by atoms with Gasteiger partial charge in [0.2, 0.25) is 0 Å². The highest BCUT2D eigenvalue weighted by Crippen LogP contribution is 2.29. The minimum absolute atomic E-state index is 0.466. The number of rotatable bonds is 5. The van der Waals surface area contributed by atoms with Crippen LogP contribution in [0.1, 0.15) is 11.1 Å². The van der Waals surface area contributed by atoms with Gasteiger partial charge in [0, 0.05) is 17.3 Å². The van der Waals surface area contributed by atoms with Crippen molar-refractivity contribution in [3.8, 4) is 0 Å². The van der Waals surface area contributed by atoms with E-state index in [1.54, 1.807) is 0 Å². The van der Waals surface area contributed by atoms with Crippen molar-refractivity contribution < 1.29 is 0 Å². The summed E-state index contributed by atoms with van der Waals surface area (Å²) in [6.07, 6.45) is 1.48. The molecular formula is C18H18ClN5. The van der Waals surface area contributed by atoms with Crippen molar-refractivity contribution in [3.63, 3.8) is 0 Å². The first-order valence-corrected chi connectivity index (χ1v) is 7.93. The van der Waals surface area contributed by atoms with E-state index in [0.29, 0.717) is 28.9 Å². The van der Waals surface area contributed by atoms with Crippen molar-refractivity contribution in [2.24, 2.45) is 0 Å². The molecule has 24 heavy (non-hydrogen) atoms. The van der Waals surface area contributed by atoms with Crippen molar-refractivity contribution in [3.05, 3.63) is 71.0 Å². The average Bonchev–Trinajstić information content (AvgIpc) is 2.60. The molecule has 3 rings (SSSR count). The number of nitrogens with two attached hydrogens (primary N) is 1. The largest absolute Gasteiger partial charge is 0.393 e. The second kappa shape index (κ2) is 7.19. The molecule has 0 radical (unpaired) electrons. The summed E-state index contributed by atoms with van der Waals surface area (Å²) in [6.45, 7) is 2.58. The van der Waals surface area contributed by atoms with Gasteiger partial charge in [-0.3, -0.25) is 0 Å². The maximum Gasteiger partial charge on any atom is 0.159 e. The second-order valence-electron chi connectivity index (χ2n) is 5.36. The molecular weight excluding hydrogens is 322 g/mol. The van der Waals surface area contributed by atoms with Crippen molar-refractivity contribution in [1.29, 1.82) is 0 Å². The lowest BCUT2D eigenvalue weighted by Gasteiger charge is -2.14. The van der Waals surface area contributed by atoms with Gasteiger partial charge in [0.1, 0.15) is 12.0 Å². The minimum Gasteiger partial charge on any atom is -0.393 e. The first kappa shape index (κ1) is 16.1. The van der Waals surface area contributed by atoms with E-state index in [2.05, 4.69) is 20.6 Å². The van der Waals surface area contributed by atoms with Gasteiger partial charge in [-0.1, -0.05) is 48.0 Å². The number of benzene rings is 2. The summed E-state index contributed by atoms with van der Waals surface area (Å²) in [5.41, 5.74) is 9.62. The zero-order chi connectivity index (χ0) is 16.9. The van der Waals surface area contributed by atoms with Crippen LogP contribution in [0, 0.1) is 6.92 Å². The molecule has 0 spiro atoms. The van der Waals surface area contributed by atoms with E-state index in [9.17, 15) is 0 Å². The van der Waals surface area contributed by atoms with Gasteiger partial charge in [-0.2, -0.15) is 0 Å². The molecule has 1 heterocycles. The van der Waals surface area contributed by atoms with E-state index in [0.717, 1.165) is 16.8 Å². The molecule has 4 N–H and O–H groups in total. The summed E-state index contributed by atoms with van der Waals surface area (Å²) < 4.78 is 0. The number of halogens is 1. The molecule has 0 atom stereocenters. The molecule has 0 saturated carbocycles. The predicted molar refractivity (Wildman–Crippen MR) is 99.7 cm³/mol. The molecule has 6 heteroatoms. The van der Waals surface area contributed by atoms with Crippen LogP contribution in [0.15, 0.2) is 54.9 Å². The summed E-state index contributed by atoms with van der Waals surface area (Å²) in [7, 11) is 0. The Balaban J connectivity index is 1.79. The van der Waals surface area contributed by atoms with Crippen molar-refractivity contribution >= 4 is 34.6 Å². The summed E-state index contributed by atoms with van der Waals surface area (Å²) >= 11 is 6.15. The Hall–Kier alpha value is -2.79. The van der Waals surface area contributed by atoms with E-state index in [1.807, 2.05) is 55.5 Å². The average molecular weight is 340 g/mol. The van der Waals surface area contributed by atoms with E-state index >= 15 is 0 Å². The Morgan fingerprint density at radius 1 is 1.00 bits per heavy atom. The standard InChI is InChI=1S/C18H18ClN5/c1-12-14(19)8-5-9-15(12)24-18-16(20)17(22-11-23-18)21-10-13-6-3-2-4-7-13/h2-9,11H,10,20H2,1H3,(H2,21,22,23,24). The normalized spacial score (nSPS) is 10.4. The first-order chi connectivity index (χ1) is 11.6. The molecule has 5 nitrogen and oxygen atoms in total. The number of nitrogens with one attached hydrogen (secondary N) is 2. The lowest BCUT2D eigenvalue weighted by Crippen LogP contribution is -2.08. The third-order valence-corrected chi connectivity index (χ3v) is 4.12. The molecule has 0 aliphatic carbocycles. The molecule has 0 aliphatic rings. The summed E-state index contributed by atoms with van der Waals surface area (Å²) in [4.78, 5) is 8.45. The number of anilines is 4. The summed E-state index contributed by atoms with van der Waals surface area (Å²) in [5.74, 6) is 1.14. The van der Waals surface area contributed by atoms with Gasteiger partial charge in [0.05, 0.1) is 0 Å². The predicted octanol–water partition coefficient (Wildman–Crippen LogP) is 4.38. The van der Waals surface area contributed by atoms with Crippen LogP contribution in [0.25, 0.3) is 0 Å². The lowest BCUT2D eigenvalue weighted by molar-refractivity contribution is 1.09. The van der Waals surface area contributed by atoms with E-state index in [1.165, 1.54) is 6.33 Å². The lowest BCUT2D eigenvalue weighted by atomic mass is 10.2. The third kappa shape index (κ3) is 3.58. The smallest absolute Gasteiger partial charge is 0.159 e. The third-order valence-electron chi connectivity index (χ3n) is 3.71. The molecule has 122 valence electrons. The Bertz CT molecular complexity index is 836. The van der Waals surface area contributed by atoms with Gasteiger partial charge in [0.15, 0.2) is 11.6 Å². The highest BCUT2D eigenvalue weighted by molar-refractivity contribution is 6.31. The number of nitrogen functional groups attached to an aromatic ring is 1. The van der Waals surface area contributed by atoms with E-state index in [4.69, 9.17) is 17.3 Å². The Morgan fingerprint density at radius 2 is 1.75 bits per heavy atom. The monoisotopic (exact) mass is 339 g/mol. The van der Waals surface area contributed by atoms with Crippen LogP contribution in [-0.2, 0) is 6.54 Å². The fraction of sp³-hybridized carbons (Fsp3) is 0.111. The molecule has 1 aromatic heterocycles. The SMILES string of the molecule is Cc1c(Cl)cccc1Nc1ncnc(NCc2ccccc2)c1N. The van der Waals surface area contributed by atoms with Crippen LogP contribution < -0.4 is 16.4 Å². The maximum absolute atomic E-state index is 6.20. The Labute approximate surface area is 145 Å². The van der Waals surface area contributed by atoms with Gasteiger partial charge in [-0.25, -0.2) is 9.97 Å². The van der Waals surface area contributed by atoms with Gasteiger partial charge in [0.25, 0.3) is 0 Å². The molecule has 0 amide bonds. The van der Waals surface area contributed by atoms with E-state index < -0.39 is 0 Å². The molecule has 2 aromatic carbocycles. The fourth-order valence-electron chi connectivity index (χ4n) is 2.29. The van der Waals surface area contributed by atoms with Gasteiger partial charge in [-0.05, 0) is 30.2 Å². The first-order valence-electron chi connectivity index (χ1n) is 7.55.